The van der Waals surface area contributed by atoms with E-state index in [9.17, 15) is 10.1 Å². The molecule has 4 heteroatoms. The number of nitrogens with two attached hydrogens (primary N) is 1. The monoisotopic (exact) mass is 315 g/mol. The molecule has 0 spiro atoms. The topological polar surface area (TPSA) is 70.1 Å². The molecule has 0 aromatic carbocycles. The van der Waals surface area contributed by atoms with E-state index in [1.54, 1.807) is 0 Å². The van der Waals surface area contributed by atoms with E-state index in [0.717, 1.165) is 43.4 Å². The van der Waals surface area contributed by atoms with Crippen molar-refractivity contribution >= 4 is 5.91 Å². The average Bonchev–Trinajstić information content (AvgIpc) is 2.79. The molecule has 2 N–H and O–H groups in total. The summed E-state index contributed by atoms with van der Waals surface area (Å²) in [7, 11) is 0. The van der Waals surface area contributed by atoms with Crippen molar-refractivity contribution in [1.29, 1.82) is 5.26 Å². The van der Waals surface area contributed by atoms with E-state index in [1.807, 2.05) is 4.90 Å². The molecule has 0 aromatic heterocycles. The van der Waals surface area contributed by atoms with Crippen molar-refractivity contribution in [3.63, 3.8) is 0 Å². The summed E-state index contributed by atoms with van der Waals surface area (Å²) in [6.07, 6.45) is 8.29. The highest BCUT2D eigenvalue weighted by atomic mass is 16.2. The summed E-state index contributed by atoms with van der Waals surface area (Å²) in [6.45, 7) is 4.21. The van der Waals surface area contributed by atoms with Crippen molar-refractivity contribution in [2.45, 2.75) is 76.9 Å². The fourth-order valence-electron chi connectivity index (χ4n) is 6.67. The van der Waals surface area contributed by atoms with Crippen LogP contribution in [0.1, 0.15) is 58.8 Å². The van der Waals surface area contributed by atoms with Crippen molar-refractivity contribution < 1.29 is 4.79 Å². The van der Waals surface area contributed by atoms with Crippen LogP contribution >= 0.6 is 0 Å². The van der Waals surface area contributed by atoms with E-state index in [4.69, 9.17) is 5.73 Å². The Kier molecular flexibility index (Phi) is 3.50. The maximum absolute atomic E-state index is 13.2. The van der Waals surface area contributed by atoms with Crippen LogP contribution in [0.15, 0.2) is 0 Å². The van der Waals surface area contributed by atoms with Gasteiger partial charge in [-0.15, -0.1) is 0 Å². The van der Waals surface area contributed by atoms with Gasteiger partial charge in [0, 0.05) is 6.04 Å². The Hall–Kier alpha value is -1.08. The van der Waals surface area contributed by atoms with Crippen molar-refractivity contribution in [3.8, 4) is 6.07 Å². The molecule has 4 nitrogen and oxygen atoms in total. The lowest BCUT2D eigenvalue weighted by molar-refractivity contribution is -0.145. The zero-order chi connectivity index (χ0) is 16.4. The third-order valence-corrected chi connectivity index (χ3v) is 7.61. The van der Waals surface area contributed by atoms with Crippen LogP contribution in [-0.4, -0.2) is 28.9 Å². The Morgan fingerprint density at radius 3 is 2.13 bits per heavy atom. The number of likely N-dealkylation sites (tertiary alicyclic amines) is 1. The molecular weight excluding hydrogens is 286 g/mol. The zero-order valence-electron chi connectivity index (χ0n) is 14.4. The van der Waals surface area contributed by atoms with Gasteiger partial charge < -0.3 is 10.6 Å². The molecule has 1 saturated heterocycles. The van der Waals surface area contributed by atoms with E-state index >= 15 is 0 Å². The van der Waals surface area contributed by atoms with Crippen molar-refractivity contribution in [3.05, 3.63) is 0 Å². The van der Waals surface area contributed by atoms with E-state index in [1.165, 1.54) is 19.3 Å². The Morgan fingerprint density at radius 2 is 1.65 bits per heavy atom. The average molecular weight is 315 g/mol. The smallest absolute Gasteiger partial charge is 0.241 e. The first-order valence-corrected chi connectivity index (χ1v) is 9.41. The van der Waals surface area contributed by atoms with Crippen molar-refractivity contribution in [1.82, 2.24) is 4.90 Å². The molecule has 126 valence electrons. The summed E-state index contributed by atoms with van der Waals surface area (Å²) < 4.78 is 0. The van der Waals surface area contributed by atoms with Gasteiger partial charge in [0.25, 0.3) is 0 Å². The maximum atomic E-state index is 13.2. The van der Waals surface area contributed by atoms with Gasteiger partial charge in [-0.05, 0) is 81.0 Å². The molecule has 23 heavy (non-hydrogen) atoms. The number of hydrogen-bond donors (Lipinski definition) is 1. The van der Waals surface area contributed by atoms with Gasteiger partial charge in [0.05, 0.1) is 12.1 Å². The second kappa shape index (κ2) is 5.21. The van der Waals surface area contributed by atoms with Gasteiger partial charge in [-0.2, -0.15) is 5.26 Å². The van der Waals surface area contributed by atoms with Gasteiger partial charge in [-0.1, -0.05) is 6.92 Å². The normalized spacial score (nSPS) is 49.2. The standard InChI is InChI=1S/C19H29N3O/c1-11-3-16(10-20)22(12(11)2)18(23)17(21)19-7-13-4-14(8-19)6-15(5-13)9-19/h11-17H,3-9,21H2,1-2H3/t11-,12?,13?,14?,15?,16-,17+,19?/m0/s1. The summed E-state index contributed by atoms with van der Waals surface area (Å²) in [5.74, 6) is 2.81. The van der Waals surface area contributed by atoms with E-state index < -0.39 is 6.04 Å². The van der Waals surface area contributed by atoms with Crippen LogP contribution in [0.3, 0.4) is 0 Å². The SMILES string of the molecule is CC1[C@@H](C)C[C@@H](C#N)N1C(=O)[C@@H](N)C12CC3CC(CC(C3)C1)C2. The van der Waals surface area contributed by atoms with Crippen LogP contribution in [0, 0.1) is 40.4 Å². The molecule has 1 heterocycles. The lowest BCUT2D eigenvalue weighted by Crippen LogP contribution is -2.61. The van der Waals surface area contributed by atoms with Crippen molar-refractivity contribution in [2.75, 3.05) is 0 Å². The third-order valence-electron chi connectivity index (χ3n) is 7.61. The first-order valence-electron chi connectivity index (χ1n) is 9.41. The molecule has 4 atom stereocenters. The Labute approximate surface area is 139 Å². The van der Waals surface area contributed by atoms with Gasteiger partial charge in [0.15, 0.2) is 0 Å². The minimum Gasteiger partial charge on any atom is -0.322 e. The quantitative estimate of drug-likeness (QED) is 0.851. The number of nitriles is 1. The second-order valence-electron chi connectivity index (χ2n) is 9.10. The molecule has 1 aliphatic heterocycles. The van der Waals surface area contributed by atoms with E-state index in [2.05, 4.69) is 19.9 Å². The fraction of sp³-hybridized carbons (Fsp3) is 0.895. The number of carbonyl (C=O) groups is 1. The molecular formula is C19H29N3O. The van der Waals surface area contributed by atoms with Crippen molar-refractivity contribution in [2.24, 2.45) is 34.8 Å². The molecule has 0 aromatic rings. The lowest BCUT2D eigenvalue weighted by atomic mass is 9.47. The summed E-state index contributed by atoms with van der Waals surface area (Å²) in [5.41, 5.74) is 6.65. The van der Waals surface area contributed by atoms with Gasteiger partial charge >= 0.3 is 0 Å². The molecule has 5 aliphatic rings. The molecule has 4 saturated carbocycles. The highest BCUT2D eigenvalue weighted by Gasteiger charge is 2.56. The first kappa shape index (κ1) is 15.4. The number of hydrogen-bond acceptors (Lipinski definition) is 3. The highest BCUT2D eigenvalue weighted by Crippen LogP contribution is 2.61. The summed E-state index contributed by atoms with van der Waals surface area (Å²) in [5, 5.41) is 9.45. The molecule has 1 unspecified atom stereocenters. The molecule has 5 fully saturated rings. The van der Waals surface area contributed by atoms with Gasteiger partial charge in [-0.25, -0.2) is 0 Å². The van der Waals surface area contributed by atoms with Gasteiger partial charge in [0.1, 0.15) is 6.04 Å². The largest absolute Gasteiger partial charge is 0.322 e. The van der Waals surface area contributed by atoms with Crippen LogP contribution < -0.4 is 5.73 Å². The third kappa shape index (κ3) is 2.23. The number of rotatable bonds is 2. The predicted molar refractivity (Wildman–Crippen MR) is 88.1 cm³/mol. The fourth-order valence-corrected chi connectivity index (χ4v) is 6.67. The van der Waals surface area contributed by atoms with Gasteiger partial charge in [0.2, 0.25) is 5.91 Å². The first-order chi connectivity index (χ1) is 10.9. The van der Waals surface area contributed by atoms with E-state index in [0.29, 0.717) is 5.92 Å². The minimum atomic E-state index is -0.403. The predicted octanol–water partition coefficient (Wildman–Crippen LogP) is 2.68. The number of amides is 1. The van der Waals surface area contributed by atoms with Gasteiger partial charge in [-0.3, -0.25) is 4.79 Å². The molecule has 1 amide bonds. The number of nitrogens with zero attached hydrogens (tertiary/aromatic N) is 2. The highest BCUT2D eigenvalue weighted by molar-refractivity contribution is 5.84. The number of carbonyl (C=O) groups excluding carboxylic acids is 1. The van der Waals surface area contributed by atoms with Crippen LogP contribution in [0.25, 0.3) is 0 Å². The van der Waals surface area contributed by atoms with Crippen LogP contribution in [-0.2, 0) is 4.79 Å². The lowest BCUT2D eigenvalue weighted by Gasteiger charge is -2.58. The second-order valence-corrected chi connectivity index (χ2v) is 9.10. The molecule has 0 radical (unpaired) electrons. The Balaban J connectivity index is 1.58. The molecule has 4 bridgehead atoms. The van der Waals surface area contributed by atoms with Crippen LogP contribution in [0.4, 0.5) is 0 Å². The maximum Gasteiger partial charge on any atom is 0.241 e. The Bertz CT molecular complexity index is 516. The summed E-state index contributed by atoms with van der Waals surface area (Å²) >= 11 is 0. The summed E-state index contributed by atoms with van der Waals surface area (Å²) in [4.78, 5) is 15.1. The molecule has 5 rings (SSSR count). The van der Waals surface area contributed by atoms with Crippen LogP contribution in [0.2, 0.25) is 0 Å². The Morgan fingerprint density at radius 1 is 1.13 bits per heavy atom. The minimum absolute atomic E-state index is 0.0252. The molecule has 4 aliphatic carbocycles. The van der Waals surface area contributed by atoms with Crippen LogP contribution in [0.5, 0.6) is 0 Å². The van der Waals surface area contributed by atoms with E-state index in [-0.39, 0.29) is 23.4 Å². The zero-order valence-corrected chi connectivity index (χ0v) is 14.4. The summed E-state index contributed by atoms with van der Waals surface area (Å²) in [6, 6.07) is 1.78.